The monoisotopic (exact) mass is 449 g/mol. The zero-order valence-corrected chi connectivity index (χ0v) is 18.2. The van der Waals surface area contributed by atoms with Crippen molar-refractivity contribution in [2.75, 3.05) is 18.4 Å². The molecule has 0 aromatic carbocycles. The van der Waals surface area contributed by atoms with Crippen molar-refractivity contribution in [3.63, 3.8) is 0 Å². The number of pyridine rings is 1. The molecule has 4 saturated carbocycles. The molecule has 4 aliphatic carbocycles. The highest BCUT2D eigenvalue weighted by Crippen LogP contribution is 2.56. The molecule has 8 rings (SSSR count). The highest BCUT2D eigenvalue weighted by Gasteiger charge is 2.54. The number of carbonyl (C=O) groups is 1. The number of nitrogens with two attached hydrogens (primary N) is 1. The summed E-state index contributed by atoms with van der Waals surface area (Å²) in [5, 5.41) is 19.7. The van der Waals surface area contributed by atoms with E-state index in [1.807, 2.05) is 12.3 Å². The summed E-state index contributed by atoms with van der Waals surface area (Å²) in [6.45, 7) is 1.01. The van der Waals surface area contributed by atoms with E-state index in [1.165, 1.54) is 0 Å². The number of anilines is 1. The Morgan fingerprint density at radius 3 is 2.79 bits per heavy atom. The van der Waals surface area contributed by atoms with E-state index in [2.05, 4.69) is 25.4 Å². The van der Waals surface area contributed by atoms with Crippen molar-refractivity contribution in [2.45, 2.75) is 49.8 Å². The number of aromatic amines is 1. The molecule has 10 heteroatoms. The van der Waals surface area contributed by atoms with E-state index in [4.69, 9.17) is 10.3 Å². The molecule has 3 aromatic heterocycles. The van der Waals surface area contributed by atoms with Gasteiger partial charge in [-0.05, 0) is 55.9 Å². The van der Waals surface area contributed by atoms with Crippen LogP contribution in [0.5, 0.6) is 0 Å². The Bertz CT molecular complexity index is 1230. The third-order valence-electron chi connectivity index (χ3n) is 8.18. The highest BCUT2D eigenvalue weighted by atomic mass is 16.5. The molecule has 2 atom stereocenters. The van der Waals surface area contributed by atoms with E-state index in [1.54, 1.807) is 11.1 Å². The molecule has 172 valence electrons. The number of amides is 1. The first-order valence-electron chi connectivity index (χ1n) is 11.8. The average Bonchev–Trinajstić information content (AvgIpc) is 3.42. The summed E-state index contributed by atoms with van der Waals surface area (Å²) in [6.07, 6.45) is 8.55. The molecule has 0 radical (unpaired) electrons. The van der Waals surface area contributed by atoms with Crippen molar-refractivity contribution in [1.29, 1.82) is 0 Å². The number of aliphatic hydroxyl groups is 1. The van der Waals surface area contributed by atoms with Crippen LogP contribution in [0, 0.1) is 17.8 Å². The number of hydrogen-bond donors (Lipinski definition) is 4. The van der Waals surface area contributed by atoms with Crippen LogP contribution in [-0.4, -0.2) is 66.8 Å². The Labute approximate surface area is 189 Å². The van der Waals surface area contributed by atoms with Crippen molar-refractivity contribution in [3.05, 3.63) is 24.3 Å². The summed E-state index contributed by atoms with van der Waals surface area (Å²) in [5.74, 6) is 1.54. The van der Waals surface area contributed by atoms with Gasteiger partial charge in [-0.3, -0.25) is 4.79 Å². The second kappa shape index (κ2) is 6.77. The number of likely N-dealkylation sites (tertiary alicyclic amines) is 1. The van der Waals surface area contributed by atoms with E-state index in [9.17, 15) is 9.90 Å². The molecule has 1 aliphatic heterocycles. The Balaban J connectivity index is 1.24. The molecule has 4 bridgehead atoms. The molecular weight excluding hydrogens is 422 g/mol. The summed E-state index contributed by atoms with van der Waals surface area (Å²) in [5.41, 5.74) is 7.65. The van der Waals surface area contributed by atoms with Gasteiger partial charge in [-0.15, -0.1) is 0 Å². The molecule has 33 heavy (non-hydrogen) atoms. The zero-order valence-electron chi connectivity index (χ0n) is 18.2. The molecule has 10 nitrogen and oxygen atoms in total. The molecule has 5 fully saturated rings. The van der Waals surface area contributed by atoms with E-state index in [-0.39, 0.29) is 29.7 Å². The number of nitrogens with zero attached hydrogens (tertiary/aromatic N) is 4. The molecule has 5 N–H and O–H groups in total. The minimum absolute atomic E-state index is 0.00960. The smallest absolute Gasteiger partial charge is 0.295 e. The lowest BCUT2D eigenvalue weighted by molar-refractivity contribution is -0.129. The van der Waals surface area contributed by atoms with Crippen LogP contribution < -0.4 is 11.1 Å². The highest BCUT2D eigenvalue weighted by molar-refractivity contribution is 5.97. The quantitative estimate of drug-likeness (QED) is 0.471. The summed E-state index contributed by atoms with van der Waals surface area (Å²) in [7, 11) is 0. The Morgan fingerprint density at radius 1 is 1.27 bits per heavy atom. The molecule has 1 amide bonds. The molecule has 0 spiro atoms. The van der Waals surface area contributed by atoms with Gasteiger partial charge in [0.2, 0.25) is 0 Å². The minimum atomic E-state index is -0.486. The zero-order chi connectivity index (χ0) is 22.3. The second-order valence-corrected chi connectivity index (χ2v) is 10.5. The van der Waals surface area contributed by atoms with Crippen molar-refractivity contribution in [1.82, 2.24) is 25.0 Å². The molecule has 1 saturated heterocycles. The third kappa shape index (κ3) is 3.00. The number of nitrogens with one attached hydrogen (secondary N) is 2. The largest absolute Gasteiger partial charge is 0.390 e. The van der Waals surface area contributed by atoms with Crippen LogP contribution in [0.4, 0.5) is 5.69 Å². The maximum Gasteiger partial charge on any atom is 0.295 e. The van der Waals surface area contributed by atoms with Crippen LogP contribution in [0.25, 0.3) is 22.5 Å². The first-order valence-corrected chi connectivity index (χ1v) is 11.8. The predicted molar refractivity (Wildman–Crippen MR) is 119 cm³/mol. The topological polar surface area (TPSA) is 146 Å². The standard InChI is InChI=1S/C23H27N7O3/c24-14-9-30(10-14)22(31)20-28-21(33-29-20)16-8-26-19-15(1-2-25-19)18(16)27-17-12-3-11-4-13(17)7-23(32,5-11)6-12/h1-2,8,11-14,17,32H,3-7,9-10,24H2,(H2,25,26,27)/t11?,12?,13?,17-,23+. The van der Waals surface area contributed by atoms with Crippen LogP contribution in [0.3, 0.4) is 0 Å². The summed E-state index contributed by atoms with van der Waals surface area (Å²) in [4.78, 5) is 26.3. The van der Waals surface area contributed by atoms with Crippen molar-refractivity contribution in [2.24, 2.45) is 23.5 Å². The normalized spacial score (nSPS) is 33.0. The first kappa shape index (κ1) is 19.5. The lowest BCUT2D eigenvalue weighted by Crippen LogP contribution is -2.59. The number of H-pyrrole nitrogens is 1. The van der Waals surface area contributed by atoms with Gasteiger partial charge in [-0.1, -0.05) is 5.16 Å². The van der Waals surface area contributed by atoms with E-state index < -0.39 is 5.60 Å². The van der Waals surface area contributed by atoms with Crippen LogP contribution in [0.15, 0.2) is 23.0 Å². The van der Waals surface area contributed by atoms with E-state index >= 15 is 0 Å². The van der Waals surface area contributed by atoms with Gasteiger partial charge in [0, 0.05) is 43.0 Å². The molecular formula is C23H27N7O3. The number of carbonyl (C=O) groups excluding carboxylic acids is 1. The van der Waals surface area contributed by atoms with Crippen LogP contribution in [0.2, 0.25) is 0 Å². The second-order valence-electron chi connectivity index (χ2n) is 10.5. The SMILES string of the molecule is NC1CN(C(=O)c2noc(-c3cnc4[nH]ccc4c3N[C@H]3C4CC5CC3C[C@@](O)(C5)C4)n2)C1. The van der Waals surface area contributed by atoms with Gasteiger partial charge in [-0.25, -0.2) is 4.98 Å². The maximum atomic E-state index is 12.6. The lowest BCUT2D eigenvalue weighted by Gasteiger charge is -2.58. The Kier molecular flexibility index (Phi) is 4.00. The van der Waals surface area contributed by atoms with Gasteiger partial charge < -0.3 is 30.6 Å². The third-order valence-corrected chi connectivity index (χ3v) is 8.18. The molecule has 3 aromatic rings. The van der Waals surface area contributed by atoms with Crippen LogP contribution >= 0.6 is 0 Å². The van der Waals surface area contributed by atoms with Gasteiger partial charge in [-0.2, -0.15) is 4.98 Å². The molecule has 5 aliphatic rings. The number of rotatable bonds is 4. The molecule has 4 heterocycles. The van der Waals surface area contributed by atoms with Gasteiger partial charge in [0.15, 0.2) is 0 Å². The van der Waals surface area contributed by atoms with Gasteiger partial charge in [0.1, 0.15) is 5.65 Å². The Hall–Kier alpha value is -2.98. The Morgan fingerprint density at radius 2 is 2.06 bits per heavy atom. The van der Waals surface area contributed by atoms with E-state index in [0.29, 0.717) is 36.4 Å². The van der Waals surface area contributed by atoms with Crippen molar-refractivity contribution >= 4 is 22.6 Å². The minimum Gasteiger partial charge on any atom is -0.390 e. The van der Waals surface area contributed by atoms with Gasteiger partial charge in [0.25, 0.3) is 17.6 Å². The fourth-order valence-corrected chi connectivity index (χ4v) is 6.95. The summed E-state index contributed by atoms with van der Waals surface area (Å²) < 4.78 is 5.54. The summed E-state index contributed by atoms with van der Waals surface area (Å²) >= 11 is 0. The van der Waals surface area contributed by atoms with Crippen molar-refractivity contribution in [3.8, 4) is 11.5 Å². The average molecular weight is 450 g/mol. The number of aromatic nitrogens is 4. The predicted octanol–water partition coefficient (Wildman–Crippen LogP) is 1.75. The fourth-order valence-electron chi connectivity index (χ4n) is 6.95. The van der Waals surface area contributed by atoms with Crippen molar-refractivity contribution < 1.29 is 14.4 Å². The van der Waals surface area contributed by atoms with Gasteiger partial charge in [0.05, 0.1) is 16.9 Å². The first-order chi connectivity index (χ1) is 16.0. The molecule has 2 unspecified atom stereocenters. The van der Waals surface area contributed by atoms with E-state index in [0.717, 1.165) is 48.8 Å². The maximum absolute atomic E-state index is 12.6. The van der Waals surface area contributed by atoms with Crippen LogP contribution in [-0.2, 0) is 0 Å². The fraction of sp³-hybridized carbons (Fsp3) is 0.565. The van der Waals surface area contributed by atoms with Crippen LogP contribution in [0.1, 0.15) is 42.7 Å². The van der Waals surface area contributed by atoms with Gasteiger partial charge >= 0.3 is 0 Å². The summed E-state index contributed by atoms with van der Waals surface area (Å²) in [6, 6.07) is 2.27. The number of hydrogen-bond acceptors (Lipinski definition) is 8. The number of fused-ring (bicyclic) bond motifs is 1. The lowest BCUT2D eigenvalue weighted by atomic mass is 9.52.